The first-order valence-corrected chi connectivity index (χ1v) is 8.11. The molecule has 2 heterocycles. The summed E-state index contributed by atoms with van der Waals surface area (Å²) >= 11 is 0. The number of rotatable bonds is 7. The van der Waals surface area contributed by atoms with Crippen molar-refractivity contribution in [3.8, 4) is 0 Å². The summed E-state index contributed by atoms with van der Waals surface area (Å²) in [5.74, 6) is -2.79. The number of nitrogens with zero attached hydrogens (tertiary/aromatic N) is 1. The fourth-order valence-electron chi connectivity index (χ4n) is 3.20. The van der Waals surface area contributed by atoms with Crippen LogP contribution >= 0.6 is 0 Å². The molecule has 25 heavy (non-hydrogen) atoms. The maximum absolute atomic E-state index is 12.8. The quantitative estimate of drug-likeness (QED) is 0.334. The lowest BCUT2D eigenvalue weighted by Crippen LogP contribution is -2.32. The van der Waals surface area contributed by atoms with E-state index in [-0.39, 0.29) is 5.76 Å². The van der Waals surface area contributed by atoms with Crippen LogP contribution in [0.25, 0.3) is 0 Å². The maximum Gasteiger partial charge on any atom is 0.291 e. The monoisotopic (exact) mass is 341 g/mol. The fourth-order valence-corrected chi connectivity index (χ4v) is 3.20. The van der Waals surface area contributed by atoms with Crippen LogP contribution in [0.4, 0.5) is 0 Å². The zero-order chi connectivity index (χ0) is 17.8. The van der Waals surface area contributed by atoms with E-state index in [1.807, 2.05) is 30.3 Å². The Bertz CT molecular complexity index is 753. The molecular formula is C19H19NO5. The molecule has 6 heteroatoms. The van der Waals surface area contributed by atoms with E-state index in [1.54, 1.807) is 13.2 Å². The number of methoxy groups -OCH3 is 1. The van der Waals surface area contributed by atoms with Gasteiger partial charge in [0.25, 0.3) is 5.91 Å². The molecule has 2 unspecified atom stereocenters. The van der Waals surface area contributed by atoms with Gasteiger partial charge in [0.05, 0.1) is 12.3 Å². The summed E-state index contributed by atoms with van der Waals surface area (Å²) in [5.41, 5.74) is 0.754. The molecule has 0 bridgehead atoms. The predicted molar refractivity (Wildman–Crippen MR) is 88.9 cm³/mol. The summed E-state index contributed by atoms with van der Waals surface area (Å²) in [6.45, 7) is 0.816. The van der Waals surface area contributed by atoms with Gasteiger partial charge in [-0.1, -0.05) is 30.3 Å². The number of Topliss-reactive ketones (excluding diaryl/α,β-unsaturated/α-hetero) is 2. The van der Waals surface area contributed by atoms with Gasteiger partial charge in [-0.05, 0) is 24.1 Å². The zero-order valence-electron chi connectivity index (χ0n) is 13.9. The smallest absolute Gasteiger partial charge is 0.291 e. The number of amides is 1. The lowest BCUT2D eigenvalue weighted by molar-refractivity contribution is -0.140. The number of hydrogen-bond donors (Lipinski definition) is 0. The van der Waals surface area contributed by atoms with Crippen LogP contribution < -0.4 is 0 Å². The highest BCUT2D eigenvalue weighted by molar-refractivity contribution is 6.43. The van der Waals surface area contributed by atoms with Crippen molar-refractivity contribution < 1.29 is 23.5 Å². The molecule has 1 amide bonds. The van der Waals surface area contributed by atoms with Gasteiger partial charge in [0.1, 0.15) is 5.92 Å². The minimum atomic E-state index is -1.09. The summed E-state index contributed by atoms with van der Waals surface area (Å²) in [7, 11) is 1.58. The molecule has 0 spiro atoms. The molecule has 0 aliphatic carbocycles. The van der Waals surface area contributed by atoms with E-state index in [4.69, 9.17) is 9.15 Å². The van der Waals surface area contributed by atoms with Gasteiger partial charge in [-0.2, -0.15) is 0 Å². The Kier molecular flexibility index (Phi) is 5.09. The Morgan fingerprint density at radius 3 is 2.56 bits per heavy atom. The SMILES string of the molecule is COCCCN1C(=O)C(=O)C(C(=O)c2ccco2)C1c1ccccc1. The number of hydrogen-bond acceptors (Lipinski definition) is 5. The number of carbonyl (C=O) groups excluding carboxylic acids is 3. The van der Waals surface area contributed by atoms with E-state index in [0.717, 1.165) is 5.56 Å². The van der Waals surface area contributed by atoms with Crippen molar-refractivity contribution in [2.45, 2.75) is 12.5 Å². The highest BCUT2D eigenvalue weighted by atomic mass is 16.5. The largest absolute Gasteiger partial charge is 0.461 e. The molecule has 1 fully saturated rings. The normalized spacial score (nSPS) is 20.3. The van der Waals surface area contributed by atoms with Crippen molar-refractivity contribution in [3.63, 3.8) is 0 Å². The molecule has 0 radical (unpaired) electrons. The van der Waals surface area contributed by atoms with Gasteiger partial charge in [-0.3, -0.25) is 14.4 Å². The van der Waals surface area contributed by atoms with Crippen LogP contribution in [-0.2, 0) is 14.3 Å². The number of furan rings is 1. The highest BCUT2D eigenvalue weighted by Crippen LogP contribution is 2.38. The van der Waals surface area contributed by atoms with Gasteiger partial charge in [0.2, 0.25) is 11.6 Å². The summed E-state index contributed by atoms with van der Waals surface area (Å²) in [5, 5.41) is 0. The molecule has 2 aromatic rings. The van der Waals surface area contributed by atoms with Crippen LogP contribution in [0.5, 0.6) is 0 Å². The molecule has 3 rings (SSSR count). The Morgan fingerprint density at radius 1 is 1.16 bits per heavy atom. The Hall–Kier alpha value is -2.73. The Balaban J connectivity index is 1.98. The third kappa shape index (κ3) is 3.25. The maximum atomic E-state index is 12.8. The minimum Gasteiger partial charge on any atom is -0.461 e. The average molecular weight is 341 g/mol. The molecule has 1 aromatic carbocycles. The molecule has 1 saturated heterocycles. The van der Waals surface area contributed by atoms with Crippen molar-refractivity contribution >= 4 is 17.5 Å². The standard InChI is InChI=1S/C19H19NO5/c1-24-11-6-10-20-16(13-7-3-2-4-8-13)15(18(22)19(20)23)17(21)14-9-5-12-25-14/h2-5,7-9,12,15-16H,6,10-11H2,1H3. The topological polar surface area (TPSA) is 76.8 Å². The summed E-state index contributed by atoms with van der Waals surface area (Å²) in [4.78, 5) is 39.4. The first-order chi connectivity index (χ1) is 12.1. The fraction of sp³-hybridized carbons (Fsp3) is 0.316. The molecule has 0 N–H and O–H groups in total. The second-order valence-corrected chi connectivity index (χ2v) is 5.88. The van der Waals surface area contributed by atoms with Gasteiger partial charge in [0, 0.05) is 20.3 Å². The van der Waals surface area contributed by atoms with Crippen molar-refractivity contribution in [1.82, 2.24) is 4.90 Å². The molecule has 2 atom stereocenters. The third-order valence-electron chi connectivity index (χ3n) is 4.34. The van der Waals surface area contributed by atoms with Gasteiger partial charge >= 0.3 is 0 Å². The van der Waals surface area contributed by atoms with Crippen molar-refractivity contribution in [3.05, 3.63) is 60.1 Å². The first-order valence-electron chi connectivity index (χ1n) is 8.11. The van der Waals surface area contributed by atoms with E-state index in [1.165, 1.54) is 17.2 Å². The third-order valence-corrected chi connectivity index (χ3v) is 4.34. The van der Waals surface area contributed by atoms with Crippen LogP contribution in [0.1, 0.15) is 28.6 Å². The van der Waals surface area contributed by atoms with Crippen molar-refractivity contribution in [1.29, 1.82) is 0 Å². The van der Waals surface area contributed by atoms with Gasteiger partial charge in [-0.25, -0.2) is 0 Å². The number of ether oxygens (including phenoxy) is 1. The van der Waals surface area contributed by atoms with Crippen LogP contribution in [0, 0.1) is 5.92 Å². The van der Waals surface area contributed by atoms with Crippen molar-refractivity contribution in [2.75, 3.05) is 20.3 Å². The molecule has 6 nitrogen and oxygen atoms in total. The molecule has 130 valence electrons. The Morgan fingerprint density at radius 2 is 1.92 bits per heavy atom. The van der Waals surface area contributed by atoms with Crippen molar-refractivity contribution in [2.24, 2.45) is 5.92 Å². The number of likely N-dealkylation sites (tertiary alicyclic amines) is 1. The van der Waals surface area contributed by atoms with Crippen LogP contribution in [0.2, 0.25) is 0 Å². The van der Waals surface area contributed by atoms with Crippen LogP contribution in [0.3, 0.4) is 0 Å². The van der Waals surface area contributed by atoms with Crippen LogP contribution in [0.15, 0.2) is 53.1 Å². The second-order valence-electron chi connectivity index (χ2n) is 5.88. The number of ketones is 2. The van der Waals surface area contributed by atoms with Gasteiger partial charge in [-0.15, -0.1) is 0 Å². The van der Waals surface area contributed by atoms with E-state index in [2.05, 4.69) is 0 Å². The molecule has 0 saturated carbocycles. The lowest BCUT2D eigenvalue weighted by atomic mass is 9.88. The Labute approximate surface area is 145 Å². The van der Waals surface area contributed by atoms with E-state index < -0.39 is 29.4 Å². The van der Waals surface area contributed by atoms with E-state index in [0.29, 0.717) is 19.6 Å². The summed E-state index contributed by atoms with van der Waals surface area (Å²) < 4.78 is 10.2. The van der Waals surface area contributed by atoms with E-state index >= 15 is 0 Å². The zero-order valence-corrected chi connectivity index (χ0v) is 13.9. The minimum absolute atomic E-state index is 0.0887. The predicted octanol–water partition coefficient (Wildman–Crippen LogP) is 2.27. The number of benzene rings is 1. The second kappa shape index (κ2) is 7.44. The average Bonchev–Trinajstić information content (AvgIpc) is 3.25. The molecular weight excluding hydrogens is 322 g/mol. The lowest BCUT2D eigenvalue weighted by Gasteiger charge is -2.26. The summed E-state index contributed by atoms with van der Waals surface area (Å²) in [6.07, 6.45) is 1.96. The summed E-state index contributed by atoms with van der Waals surface area (Å²) in [6, 6.07) is 11.6. The van der Waals surface area contributed by atoms with Crippen LogP contribution in [-0.4, -0.2) is 42.6 Å². The van der Waals surface area contributed by atoms with Gasteiger partial charge in [0.15, 0.2) is 5.76 Å². The van der Waals surface area contributed by atoms with Gasteiger partial charge < -0.3 is 14.1 Å². The molecule has 1 aliphatic heterocycles. The molecule has 1 aromatic heterocycles. The number of carbonyl (C=O) groups is 3. The highest BCUT2D eigenvalue weighted by Gasteiger charge is 2.51. The van der Waals surface area contributed by atoms with E-state index in [9.17, 15) is 14.4 Å². The first kappa shape index (κ1) is 17.1. The molecule has 1 aliphatic rings.